The summed E-state index contributed by atoms with van der Waals surface area (Å²) in [6.45, 7) is 1.81. The summed E-state index contributed by atoms with van der Waals surface area (Å²) in [6, 6.07) is 0. The Labute approximate surface area is 111 Å². The van der Waals surface area contributed by atoms with Crippen molar-refractivity contribution in [3.63, 3.8) is 0 Å². The summed E-state index contributed by atoms with van der Waals surface area (Å²) in [7, 11) is 0. The maximum Gasteiger partial charge on any atom is 0.136 e. The van der Waals surface area contributed by atoms with Gasteiger partial charge in [0.1, 0.15) is 5.78 Å². The molecule has 1 N–H and O–H groups in total. The largest absolute Gasteiger partial charge is 0.393 e. The first kappa shape index (κ1) is 14.0. The van der Waals surface area contributed by atoms with Crippen molar-refractivity contribution in [1.29, 1.82) is 0 Å². The van der Waals surface area contributed by atoms with E-state index in [-0.39, 0.29) is 6.10 Å². The van der Waals surface area contributed by atoms with Gasteiger partial charge in [-0.25, -0.2) is 0 Å². The number of hydrogen-bond donors (Lipinski definition) is 1. The van der Waals surface area contributed by atoms with E-state index in [4.69, 9.17) is 0 Å². The van der Waals surface area contributed by atoms with Gasteiger partial charge in [0, 0.05) is 12.3 Å². The molecule has 0 aliphatic heterocycles. The number of carbonyl (C=O) groups excluding carboxylic acids is 1. The summed E-state index contributed by atoms with van der Waals surface area (Å²) in [5, 5.41) is 9.25. The fraction of sp³-hybridized carbons (Fsp3) is 0.938. The van der Waals surface area contributed by atoms with E-state index in [9.17, 15) is 9.90 Å². The first-order chi connectivity index (χ1) is 8.68. The lowest BCUT2D eigenvalue weighted by atomic mass is 9.64. The van der Waals surface area contributed by atoms with E-state index in [1.807, 2.05) is 6.92 Å². The first-order valence-corrected chi connectivity index (χ1v) is 7.89. The van der Waals surface area contributed by atoms with E-state index in [0.29, 0.717) is 24.0 Å². The van der Waals surface area contributed by atoms with Gasteiger partial charge in [0.25, 0.3) is 0 Å². The number of ketones is 1. The highest BCUT2D eigenvalue weighted by atomic mass is 16.3. The summed E-state index contributed by atoms with van der Waals surface area (Å²) in [5.74, 6) is 2.40. The molecule has 2 nitrogen and oxygen atoms in total. The lowest BCUT2D eigenvalue weighted by molar-refractivity contribution is -0.127. The molecule has 4 unspecified atom stereocenters. The minimum absolute atomic E-state index is 0.258. The van der Waals surface area contributed by atoms with Gasteiger partial charge in [-0.05, 0) is 44.4 Å². The molecule has 2 saturated carbocycles. The average Bonchev–Trinajstić information content (AvgIpc) is 2.37. The number of hydrogen-bond acceptors (Lipinski definition) is 2. The fourth-order valence-electron chi connectivity index (χ4n) is 4.10. The maximum absolute atomic E-state index is 12.4. The van der Waals surface area contributed by atoms with E-state index in [1.54, 1.807) is 0 Å². The molecular formula is C16H28O2. The van der Waals surface area contributed by atoms with E-state index in [1.165, 1.54) is 38.5 Å². The number of rotatable bonds is 5. The topological polar surface area (TPSA) is 37.3 Å². The van der Waals surface area contributed by atoms with Crippen LogP contribution >= 0.6 is 0 Å². The van der Waals surface area contributed by atoms with Gasteiger partial charge in [0.2, 0.25) is 0 Å². The van der Waals surface area contributed by atoms with Crippen LogP contribution in [0.1, 0.15) is 71.1 Å². The predicted octanol–water partition coefficient (Wildman–Crippen LogP) is 3.71. The minimum Gasteiger partial charge on any atom is -0.393 e. The Morgan fingerprint density at radius 1 is 1.17 bits per heavy atom. The van der Waals surface area contributed by atoms with Crippen molar-refractivity contribution in [2.75, 3.05) is 0 Å². The van der Waals surface area contributed by atoms with Crippen LogP contribution in [0.4, 0.5) is 0 Å². The molecule has 0 bridgehead atoms. The molecule has 18 heavy (non-hydrogen) atoms. The molecule has 0 aromatic heterocycles. The summed E-state index contributed by atoms with van der Waals surface area (Å²) < 4.78 is 0. The second-order valence-corrected chi connectivity index (χ2v) is 6.45. The third kappa shape index (κ3) is 3.57. The van der Waals surface area contributed by atoms with Gasteiger partial charge in [-0.15, -0.1) is 0 Å². The first-order valence-electron chi connectivity index (χ1n) is 7.89. The van der Waals surface area contributed by atoms with Crippen LogP contribution in [0.2, 0.25) is 0 Å². The van der Waals surface area contributed by atoms with Gasteiger partial charge >= 0.3 is 0 Å². The van der Waals surface area contributed by atoms with Gasteiger partial charge < -0.3 is 5.11 Å². The lowest BCUT2D eigenvalue weighted by Gasteiger charge is -2.40. The number of aliphatic hydroxyl groups excluding tert-OH is 1. The highest BCUT2D eigenvalue weighted by Crippen LogP contribution is 2.44. The second-order valence-electron chi connectivity index (χ2n) is 6.45. The zero-order valence-corrected chi connectivity index (χ0v) is 11.7. The van der Waals surface area contributed by atoms with Crippen molar-refractivity contribution < 1.29 is 9.90 Å². The van der Waals surface area contributed by atoms with Gasteiger partial charge in [-0.1, -0.05) is 32.1 Å². The molecule has 0 spiro atoms. The zero-order valence-electron chi connectivity index (χ0n) is 11.7. The van der Waals surface area contributed by atoms with Gasteiger partial charge in [0.15, 0.2) is 0 Å². The number of Topliss-reactive ketones (excluding diaryl/α,β-unsaturated/α-hetero) is 1. The Balaban J connectivity index is 1.84. The van der Waals surface area contributed by atoms with Crippen LogP contribution in [0.15, 0.2) is 0 Å². The van der Waals surface area contributed by atoms with Gasteiger partial charge in [-0.3, -0.25) is 4.79 Å². The highest BCUT2D eigenvalue weighted by Gasteiger charge is 2.37. The molecule has 4 atom stereocenters. The Hall–Kier alpha value is -0.370. The summed E-state index contributed by atoms with van der Waals surface area (Å²) in [6.07, 6.45) is 11.2. The molecule has 0 aromatic carbocycles. The quantitative estimate of drug-likeness (QED) is 0.810. The highest BCUT2D eigenvalue weighted by molar-refractivity contribution is 5.81. The predicted molar refractivity (Wildman–Crippen MR) is 73.3 cm³/mol. The molecule has 2 aliphatic rings. The van der Waals surface area contributed by atoms with Crippen molar-refractivity contribution in [2.45, 2.75) is 77.2 Å². The third-order valence-electron chi connectivity index (χ3n) is 5.03. The van der Waals surface area contributed by atoms with Gasteiger partial charge in [-0.2, -0.15) is 0 Å². The van der Waals surface area contributed by atoms with E-state index in [2.05, 4.69) is 0 Å². The Kier molecular flexibility index (Phi) is 5.23. The number of fused-ring (bicyclic) bond motifs is 1. The molecule has 0 aromatic rings. The summed E-state index contributed by atoms with van der Waals surface area (Å²) in [5.41, 5.74) is 0. The lowest BCUT2D eigenvalue weighted by Crippen LogP contribution is -2.35. The van der Waals surface area contributed by atoms with Crippen molar-refractivity contribution >= 4 is 5.78 Å². The monoisotopic (exact) mass is 252 g/mol. The van der Waals surface area contributed by atoms with Crippen LogP contribution in [0, 0.1) is 17.8 Å². The number of aliphatic hydroxyl groups is 1. The molecule has 2 rings (SSSR count). The Morgan fingerprint density at radius 3 is 2.67 bits per heavy atom. The normalized spacial score (nSPS) is 33.8. The van der Waals surface area contributed by atoms with Crippen molar-refractivity contribution in [3.05, 3.63) is 0 Å². The molecule has 2 aliphatic carbocycles. The number of carbonyl (C=O) groups is 1. The van der Waals surface area contributed by atoms with Crippen molar-refractivity contribution in [1.82, 2.24) is 0 Å². The maximum atomic E-state index is 12.4. The van der Waals surface area contributed by atoms with Crippen molar-refractivity contribution in [2.24, 2.45) is 17.8 Å². The molecular weight excluding hydrogens is 224 g/mol. The van der Waals surface area contributed by atoms with Crippen LogP contribution in [0.3, 0.4) is 0 Å². The minimum atomic E-state index is -0.258. The second kappa shape index (κ2) is 6.70. The molecule has 0 amide bonds. The fourth-order valence-corrected chi connectivity index (χ4v) is 4.10. The molecule has 0 heterocycles. The van der Waals surface area contributed by atoms with Crippen LogP contribution in [0.25, 0.3) is 0 Å². The smallest absolute Gasteiger partial charge is 0.136 e. The van der Waals surface area contributed by atoms with Crippen LogP contribution in [-0.4, -0.2) is 17.0 Å². The van der Waals surface area contributed by atoms with Crippen LogP contribution in [0.5, 0.6) is 0 Å². The van der Waals surface area contributed by atoms with Gasteiger partial charge in [0.05, 0.1) is 6.10 Å². The third-order valence-corrected chi connectivity index (χ3v) is 5.03. The Bertz CT molecular complexity index is 270. The SMILES string of the molecule is CC(O)CCCC(=O)C1CCCC2CCCCC21. The average molecular weight is 252 g/mol. The summed E-state index contributed by atoms with van der Waals surface area (Å²) in [4.78, 5) is 12.4. The molecule has 2 fully saturated rings. The van der Waals surface area contributed by atoms with E-state index in [0.717, 1.165) is 25.2 Å². The Morgan fingerprint density at radius 2 is 1.89 bits per heavy atom. The molecule has 0 radical (unpaired) electrons. The standard InChI is InChI=1S/C16H28O2/c1-12(17)6-4-11-16(18)15-10-5-8-13-7-2-3-9-14(13)15/h12-15,17H,2-11H2,1H3. The van der Waals surface area contributed by atoms with E-state index < -0.39 is 0 Å². The van der Waals surface area contributed by atoms with Crippen LogP contribution < -0.4 is 0 Å². The van der Waals surface area contributed by atoms with Crippen molar-refractivity contribution in [3.8, 4) is 0 Å². The zero-order chi connectivity index (χ0) is 13.0. The summed E-state index contributed by atoms with van der Waals surface area (Å²) >= 11 is 0. The van der Waals surface area contributed by atoms with Crippen LogP contribution in [-0.2, 0) is 4.79 Å². The molecule has 104 valence electrons. The van der Waals surface area contributed by atoms with E-state index >= 15 is 0 Å². The molecule has 2 heteroatoms. The molecule has 0 saturated heterocycles.